The molecule has 0 spiro atoms. The lowest BCUT2D eigenvalue weighted by Crippen LogP contribution is -2.15. The van der Waals surface area contributed by atoms with Gasteiger partial charge in [0.2, 0.25) is 0 Å². The summed E-state index contributed by atoms with van der Waals surface area (Å²) in [5.41, 5.74) is 0.0742. The minimum absolute atomic E-state index is 0.206. The first-order chi connectivity index (χ1) is 12.5. The standard InChI is InChI=1S/C18H14F2N2O3S/c1-24-10-6-7-14(25-2)11(8-10)15-9-21-18(26-15)22-17(23)16-12(19)4-3-5-13(16)20/h3-9H,1-2H3,(H,21,22,23). The van der Waals surface area contributed by atoms with Gasteiger partial charge in [0, 0.05) is 11.8 Å². The highest BCUT2D eigenvalue weighted by Gasteiger charge is 2.19. The highest BCUT2D eigenvalue weighted by Crippen LogP contribution is 2.37. The third kappa shape index (κ3) is 3.50. The van der Waals surface area contributed by atoms with Crippen molar-refractivity contribution in [2.75, 3.05) is 19.5 Å². The Morgan fingerprint density at radius 3 is 2.50 bits per heavy atom. The summed E-state index contributed by atoms with van der Waals surface area (Å²) < 4.78 is 37.9. The number of halogens is 2. The fraction of sp³-hybridized carbons (Fsp3) is 0.111. The van der Waals surface area contributed by atoms with Crippen LogP contribution in [-0.2, 0) is 0 Å². The monoisotopic (exact) mass is 376 g/mol. The second-order valence-corrected chi connectivity index (χ2v) is 6.18. The molecule has 0 atom stereocenters. The largest absolute Gasteiger partial charge is 0.497 e. The number of aromatic nitrogens is 1. The van der Waals surface area contributed by atoms with Crippen LogP contribution in [0.15, 0.2) is 42.6 Å². The van der Waals surface area contributed by atoms with Gasteiger partial charge in [-0.05, 0) is 30.3 Å². The zero-order chi connectivity index (χ0) is 18.7. The molecule has 1 heterocycles. The van der Waals surface area contributed by atoms with E-state index in [0.29, 0.717) is 16.4 Å². The van der Waals surface area contributed by atoms with E-state index >= 15 is 0 Å². The maximum Gasteiger partial charge on any atom is 0.263 e. The third-order valence-corrected chi connectivity index (χ3v) is 4.53. The molecule has 8 heteroatoms. The van der Waals surface area contributed by atoms with Crippen LogP contribution in [0, 0.1) is 11.6 Å². The summed E-state index contributed by atoms with van der Waals surface area (Å²) in [5, 5.41) is 2.62. The molecule has 26 heavy (non-hydrogen) atoms. The Bertz CT molecular complexity index is 939. The molecule has 0 fully saturated rings. The fourth-order valence-corrected chi connectivity index (χ4v) is 3.17. The lowest BCUT2D eigenvalue weighted by atomic mass is 10.1. The minimum Gasteiger partial charge on any atom is -0.497 e. The van der Waals surface area contributed by atoms with Crippen LogP contribution in [0.3, 0.4) is 0 Å². The molecule has 0 aliphatic rings. The number of rotatable bonds is 5. The summed E-state index contributed by atoms with van der Waals surface area (Å²) in [4.78, 5) is 16.9. The van der Waals surface area contributed by atoms with Crippen LogP contribution in [0.1, 0.15) is 10.4 Å². The number of nitrogens with one attached hydrogen (secondary N) is 1. The van der Waals surface area contributed by atoms with Gasteiger partial charge in [0.1, 0.15) is 28.7 Å². The van der Waals surface area contributed by atoms with Gasteiger partial charge in [0.05, 0.1) is 19.1 Å². The van der Waals surface area contributed by atoms with Gasteiger partial charge in [-0.15, -0.1) is 0 Å². The second-order valence-electron chi connectivity index (χ2n) is 5.15. The van der Waals surface area contributed by atoms with Crippen molar-refractivity contribution in [3.05, 3.63) is 59.8 Å². The van der Waals surface area contributed by atoms with Gasteiger partial charge in [-0.25, -0.2) is 13.8 Å². The summed E-state index contributed by atoms with van der Waals surface area (Å²) >= 11 is 1.15. The first-order valence-electron chi connectivity index (χ1n) is 7.47. The van der Waals surface area contributed by atoms with E-state index in [1.165, 1.54) is 19.4 Å². The molecule has 0 bridgehead atoms. The Labute approximate surface area is 152 Å². The summed E-state index contributed by atoms with van der Waals surface area (Å²) in [6, 6.07) is 8.51. The van der Waals surface area contributed by atoms with E-state index in [4.69, 9.17) is 9.47 Å². The number of carbonyl (C=O) groups excluding carboxylic acids is 1. The summed E-state index contributed by atoms with van der Waals surface area (Å²) in [7, 11) is 3.09. The average Bonchev–Trinajstić information content (AvgIpc) is 3.09. The molecule has 0 aliphatic heterocycles. The predicted molar refractivity (Wildman–Crippen MR) is 95.0 cm³/mol. The predicted octanol–water partition coefficient (Wildman–Crippen LogP) is 4.36. The van der Waals surface area contributed by atoms with Crippen LogP contribution in [0.2, 0.25) is 0 Å². The number of hydrogen-bond donors (Lipinski definition) is 1. The number of anilines is 1. The fourth-order valence-electron chi connectivity index (χ4n) is 2.34. The molecule has 3 rings (SSSR count). The molecule has 1 amide bonds. The van der Waals surface area contributed by atoms with Gasteiger partial charge in [0.15, 0.2) is 5.13 Å². The maximum absolute atomic E-state index is 13.7. The molecule has 134 valence electrons. The topological polar surface area (TPSA) is 60.5 Å². The van der Waals surface area contributed by atoms with Crippen molar-refractivity contribution >= 4 is 22.4 Å². The SMILES string of the molecule is COc1ccc(OC)c(-c2cnc(NC(=O)c3c(F)cccc3F)s2)c1. The summed E-state index contributed by atoms with van der Waals surface area (Å²) in [5.74, 6) is -1.54. The van der Waals surface area contributed by atoms with Gasteiger partial charge in [-0.1, -0.05) is 17.4 Å². The number of hydrogen-bond acceptors (Lipinski definition) is 5. The van der Waals surface area contributed by atoms with Crippen molar-refractivity contribution in [2.24, 2.45) is 0 Å². The Morgan fingerprint density at radius 1 is 1.12 bits per heavy atom. The molecule has 0 radical (unpaired) electrons. The van der Waals surface area contributed by atoms with Crippen LogP contribution < -0.4 is 14.8 Å². The van der Waals surface area contributed by atoms with Crippen LogP contribution in [0.25, 0.3) is 10.4 Å². The molecular formula is C18H14F2N2O3S. The van der Waals surface area contributed by atoms with Gasteiger partial charge < -0.3 is 9.47 Å². The van der Waals surface area contributed by atoms with E-state index in [1.54, 1.807) is 25.3 Å². The second kappa shape index (κ2) is 7.49. The zero-order valence-corrected chi connectivity index (χ0v) is 14.7. The molecule has 0 unspecified atom stereocenters. The molecule has 0 saturated heterocycles. The smallest absolute Gasteiger partial charge is 0.263 e. The Balaban J connectivity index is 1.88. The third-order valence-electron chi connectivity index (χ3n) is 3.59. The highest BCUT2D eigenvalue weighted by molar-refractivity contribution is 7.19. The van der Waals surface area contributed by atoms with E-state index in [1.807, 2.05) is 0 Å². The number of amides is 1. The van der Waals surface area contributed by atoms with Gasteiger partial charge in [0.25, 0.3) is 5.91 Å². The molecular weight excluding hydrogens is 362 g/mol. The molecule has 0 saturated carbocycles. The normalized spacial score (nSPS) is 10.5. The first-order valence-corrected chi connectivity index (χ1v) is 8.28. The molecule has 1 aromatic heterocycles. The number of ether oxygens (including phenoxy) is 2. The Kier molecular flexibility index (Phi) is 5.13. The number of carbonyl (C=O) groups is 1. The van der Waals surface area contributed by atoms with Crippen molar-refractivity contribution in [2.45, 2.75) is 0 Å². The number of benzene rings is 2. The van der Waals surface area contributed by atoms with Crippen LogP contribution >= 0.6 is 11.3 Å². The summed E-state index contributed by atoms with van der Waals surface area (Å²) in [6.07, 6.45) is 1.54. The average molecular weight is 376 g/mol. The number of methoxy groups -OCH3 is 2. The number of nitrogens with zero attached hydrogens (tertiary/aromatic N) is 1. The van der Waals surface area contributed by atoms with Crippen molar-refractivity contribution < 1.29 is 23.0 Å². The van der Waals surface area contributed by atoms with Gasteiger partial charge in [-0.2, -0.15) is 0 Å². The maximum atomic E-state index is 13.7. The first kappa shape index (κ1) is 17.8. The van der Waals surface area contributed by atoms with Gasteiger partial charge >= 0.3 is 0 Å². The van der Waals surface area contributed by atoms with E-state index < -0.39 is 23.1 Å². The van der Waals surface area contributed by atoms with Crippen LogP contribution in [0.5, 0.6) is 11.5 Å². The van der Waals surface area contributed by atoms with Crippen molar-refractivity contribution in [3.63, 3.8) is 0 Å². The van der Waals surface area contributed by atoms with E-state index in [0.717, 1.165) is 29.0 Å². The lowest BCUT2D eigenvalue weighted by Gasteiger charge is -2.08. The molecule has 0 aliphatic carbocycles. The molecule has 3 aromatic rings. The molecule has 1 N–H and O–H groups in total. The van der Waals surface area contributed by atoms with E-state index in [9.17, 15) is 13.6 Å². The van der Waals surface area contributed by atoms with E-state index in [-0.39, 0.29) is 5.13 Å². The van der Waals surface area contributed by atoms with Gasteiger partial charge in [-0.3, -0.25) is 10.1 Å². The quantitative estimate of drug-likeness (QED) is 0.719. The van der Waals surface area contributed by atoms with Crippen LogP contribution in [-0.4, -0.2) is 25.1 Å². The lowest BCUT2D eigenvalue weighted by molar-refractivity contribution is 0.101. The minimum atomic E-state index is -0.936. The zero-order valence-electron chi connectivity index (χ0n) is 13.9. The van der Waals surface area contributed by atoms with Crippen molar-refractivity contribution in [3.8, 4) is 21.9 Å². The number of thiazole rings is 1. The Morgan fingerprint density at radius 2 is 1.85 bits per heavy atom. The van der Waals surface area contributed by atoms with Crippen LogP contribution in [0.4, 0.5) is 13.9 Å². The molecule has 5 nitrogen and oxygen atoms in total. The highest BCUT2D eigenvalue weighted by atomic mass is 32.1. The summed E-state index contributed by atoms with van der Waals surface area (Å²) in [6.45, 7) is 0. The van der Waals surface area contributed by atoms with Crippen molar-refractivity contribution in [1.82, 2.24) is 4.98 Å². The molecule has 2 aromatic carbocycles. The van der Waals surface area contributed by atoms with E-state index in [2.05, 4.69) is 10.3 Å². The Hall–Kier alpha value is -3.00. The van der Waals surface area contributed by atoms with Crippen molar-refractivity contribution in [1.29, 1.82) is 0 Å².